The van der Waals surface area contributed by atoms with Crippen molar-refractivity contribution in [3.05, 3.63) is 53.3 Å². The highest BCUT2D eigenvalue weighted by Crippen LogP contribution is 2.40. The van der Waals surface area contributed by atoms with Gasteiger partial charge in [0.25, 0.3) is 0 Å². The molecule has 1 aromatic carbocycles. The normalized spacial score (nSPS) is 13.9. The maximum atomic E-state index is 12.6. The number of nitrogens with zero attached hydrogens (tertiary/aromatic N) is 1. The third-order valence-electron chi connectivity index (χ3n) is 3.17. The summed E-state index contributed by atoms with van der Waals surface area (Å²) >= 11 is 0. The molecule has 24 heavy (non-hydrogen) atoms. The molecule has 1 aliphatic heterocycles. The van der Waals surface area contributed by atoms with Crippen LogP contribution in [0.25, 0.3) is 11.8 Å². The van der Waals surface area contributed by atoms with Crippen LogP contribution in [0, 0.1) is 6.92 Å². The van der Waals surface area contributed by atoms with Gasteiger partial charge in [-0.15, -0.1) is 0 Å². The van der Waals surface area contributed by atoms with Gasteiger partial charge >= 0.3 is 15.6 Å². The van der Waals surface area contributed by atoms with Crippen LogP contribution in [-0.4, -0.2) is 18.9 Å². The van der Waals surface area contributed by atoms with Crippen LogP contribution in [0.5, 0.6) is 11.5 Å². The van der Waals surface area contributed by atoms with Gasteiger partial charge in [-0.25, -0.2) is 0 Å². The average Bonchev–Trinajstić information content (AvgIpc) is 2.61. The van der Waals surface area contributed by atoms with E-state index in [1.54, 1.807) is 31.2 Å². The Kier molecular flexibility index (Phi) is 3.75. The summed E-state index contributed by atoms with van der Waals surface area (Å²) in [5, 5.41) is 0. The van der Waals surface area contributed by atoms with Crippen molar-refractivity contribution in [3.63, 3.8) is 0 Å². The SMILES string of the molecule is Cc1ccc2c(c1)Oc1cccnc1C=C2OS(=O)(=O)C(F)(F)F. The van der Waals surface area contributed by atoms with Crippen molar-refractivity contribution in [2.75, 3.05) is 0 Å². The maximum absolute atomic E-state index is 12.6. The van der Waals surface area contributed by atoms with Crippen LogP contribution in [0.3, 0.4) is 0 Å². The second kappa shape index (κ2) is 5.52. The zero-order valence-electron chi connectivity index (χ0n) is 12.2. The molecule has 0 bridgehead atoms. The van der Waals surface area contributed by atoms with Crippen molar-refractivity contribution >= 4 is 22.0 Å². The molecule has 0 spiro atoms. The number of benzene rings is 1. The smallest absolute Gasteiger partial charge is 0.454 e. The van der Waals surface area contributed by atoms with Crippen LogP contribution in [0.4, 0.5) is 13.2 Å². The molecule has 0 amide bonds. The van der Waals surface area contributed by atoms with Crippen molar-refractivity contribution in [2.24, 2.45) is 0 Å². The zero-order valence-corrected chi connectivity index (χ0v) is 13.0. The minimum absolute atomic E-state index is 0.0754. The van der Waals surface area contributed by atoms with Gasteiger partial charge in [-0.05, 0) is 36.8 Å². The Labute approximate surface area is 135 Å². The molecule has 0 fully saturated rings. The predicted molar refractivity (Wildman–Crippen MR) is 79.4 cm³/mol. The first-order valence-corrected chi connectivity index (χ1v) is 8.04. The molecule has 1 aliphatic rings. The fourth-order valence-electron chi connectivity index (χ4n) is 2.07. The molecule has 126 valence electrons. The Bertz CT molecular complexity index is 936. The standard InChI is InChI=1S/C15H10F3NO4S/c1-9-4-5-10-13(7-9)22-12-3-2-6-19-11(12)8-14(10)23-24(20,21)15(16,17)18/h2-8H,1H3. The molecule has 2 heterocycles. The number of alkyl halides is 3. The molecule has 0 radical (unpaired) electrons. The molecule has 0 N–H and O–H groups in total. The fourth-order valence-corrected chi connectivity index (χ4v) is 2.54. The zero-order chi connectivity index (χ0) is 17.5. The molecule has 9 heteroatoms. The van der Waals surface area contributed by atoms with Crippen molar-refractivity contribution in [1.82, 2.24) is 4.98 Å². The number of rotatable bonds is 2. The highest BCUT2D eigenvalue weighted by Gasteiger charge is 2.49. The summed E-state index contributed by atoms with van der Waals surface area (Å²) in [7, 11) is -5.82. The first kappa shape index (κ1) is 16.3. The first-order valence-electron chi connectivity index (χ1n) is 6.64. The molecular weight excluding hydrogens is 347 g/mol. The van der Waals surface area contributed by atoms with Crippen LogP contribution < -0.4 is 4.74 Å². The molecule has 0 atom stereocenters. The van der Waals surface area contributed by atoms with Crippen LogP contribution in [0.15, 0.2) is 36.5 Å². The largest absolute Gasteiger partial charge is 0.534 e. The van der Waals surface area contributed by atoms with Gasteiger partial charge in [-0.1, -0.05) is 6.07 Å². The lowest BCUT2D eigenvalue weighted by atomic mass is 10.1. The lowest BCUT2D eigenvalue weighted by Crippen LogP contribution is -2.25. The maximum Gasteiger partial charge on any atom is 0.534 e. The summed E-state index contributed by atoms with van der Waals surface area (Å²) in [6.45, 7) is 1.76. The van der Waals surface area contributed by atoms with E-state index >= 15 is 0 Å². The summed E-state index contributed by atoms with van der Waals surface area (Å²) in [5.74, 6) is -0.0718. The molecule has 5 nitrogen and oxygen atoms in total. The van der Waals surface area contributed by atoms with Gasteiger partial charge in [0.15, 0.2) is 11.5 Å². The van der Waals surface area contributed by atoms with E-state index in [-0.39, 0.29) is 22.8 Å². The van der Waals surface area contributed by atoms with E-state index in [0.29, 0.717) is 0 Å². The molecule has 0 saturated carbocycles. The van der Waals surface area contributed by atoms with Crippen molar-refractivity contribution < 1.29 is 30.5 Å². The van der Waals surface area contributed by atoms with E-state index in [2.05, 4.69) is 9.17 Å². The molecule has 0 unspecified atom stereocenters. The number of hydrogen-bond acceptors (Lipinski definition) is 5. The average molecular weight is 357 g/mol. The lowest BCUT2D eigenvalue weighted by Gasteiger charge is -2.14. The number of fused-ring (bicyclic) bond motifs is 2. The molecule has 0 saturated heterocycles. The molecule has 1 aromatic heterocycles. The van der Waals surface area contributed by atoms with Crippen LogP contribution in [0.2, 0.25) is 0 Å². The Morgan fingerprint density at radius 3 is 2.62 bits per heavy atom. The van der Waals surface area contributed by atoms with Gasteiger partial charge in [0.1, 0.15) is 11.4 Å². The second-order valence-corrected chi connectivity index (χ2v) is 6.52. The predicted octanol–water partition coefficient (Wildman–Crippen LogP) is 3.86. The Morgan fingerprint density at radius 2 is 1.92 bits per heavy atom. The Hall–Kier alpha value is -2.55. The van der Waals surface area contributed by atoms with Crippen LogP contribution in [0.1, 0.15) is 16.8 Å². The third-order valence-corrected chi connectivity index (χ3v) is 4.14. The molecule has 0 aliphatic carbocycles. The van der Waals surface area contributed by atoms with Gasteiger partial charge in [0.2, 0.25) is 0 Å². The highest BCUT2D eigenvalue weighted by atomic mass is 32.2. The van der Waals surface area contributed by atoms with E-state index in [4.69, 9.17) is 4.74 Å². The van der Waals surface area contributed by atoms with Crippen LogP contribution in [-0.2, 0) is 14.3 Å². The van der Waals surface area contributed by atoms with Gasteiger partial charge in [0, 0.05) is 12.3 Å². The summed E-state index contributed by atoms with van der Waals surface area (Å²) in [5.41, 5.74) is -4.54. The number of hydrogen-bond donors (Lipinski definition) is 0. The Balaban J connectivity index is 2.18. The second-order valence-electron chi connectivity index (χ2n) is 4.98. The molecular formula is C15H10F3NO4S. The first-order chi connectivity index (χ1) is 11.2. The minimum Gasteiger partial charge on any atom is -0.454 e. The summed E-state index contributed by atoms with van der Waals surface area (Å²) in [6.07, 6.45) is 2.50. The summed E-state index contributed by atoms with van der Waals surface area (Å²) in [4.78, 5) is 3.97. The quantitative estimate of drug-likeness (QED) is 0.603. The lowest BCUT2D eigenvalue weighted by molar-refractivity contribution is -0.0509. The number of ether oxygens (including phenoxy) is 1. The van der Waals surface area contributed by atoms with Crippen molar-refractivity contribution in [1.29, 1.82) is 0 Å². The Morgan fingerprint density at radius 1 is 1.17 bits per heavy atom. The van der Waals surface area contributed by atoms with Gasteiger partial charge in [-0.2, -0.15) is 21.6 Å². The van der Waals surface area contributed by atoms with Gasteiger partial charge < -0.3 is 8.92 Å². The number of aromatic nitrogens is 1. The van der Waals surface area contributed by atoms with E-state index in [9.17, 15) is 21.6 Å². The number of halogens is 3. The van der Waals surface area contributed by atoms with Crippen molar-refractivity contribution in [2.45, 2.75) is 12.4 Å². The minimum atomic E-state index is -5.82. The van der Waals surface area contributed by atoms with Gasteiger partial charge in [0.05, 0.1) is 5.56 Å². The topological polar surface area (TPSA) is 65.5 Å². The van der Waals surface area contributed by atoms with Crippen molar-refractivity contribution in [3.8, 4) is 11.5 Å². The number of pyridine rings is 1. The van der Waals surface area contributed by atoms with E-state index in [1.807, 2.05) is 0 Å². The summed E-state index contributed by atoms with van der Waals surface area (Å²) < 4.78 is 70.6. The number of aryl methyl sites for hydroxylation is 1. The third kappa shape index (κ3) is 2.94. The highest BCUT2D eigenvalue weighted by molar-refractivity contribution is 7.87. The monoisotopic (exact) mass is 357 g/mol. The van der Waals surface area contributed by atoms with Gasteiger partial charge in [-0.3, -0.25) is 4.98 Å². The van der Waals surface area contributed by atoms with Crippen LogP contribution >= 0.6 is 0 Å². The molecule has 3 rings (SSSR count). The summed E-state index contributed by atoms with van der Waals surface area (Å²) in [6, 6.07) is 7.73. The van der Waals surface area contributed by atoms with E-state index < -0.39 is 21.4 Å². The fraction of sp³-hybridized carbons (Fsp3) is 0.133. The van der Waals surface area contributed by atoms with E-state index in [1.165, 1.54) is 12.3 Å². The van der Waals surface area contributed by atoms with E-state index in [0.717, 1.165) is 11.6 Å². The molecule has 2 aromatic rings.